The molecule has 4 rings (SSSR count). The molecule has 0 saturated heterocycles. The molecular weight excluding hydrogens is 256 g/mol. The Bertz CT molecular complexity index is 900. The summed E-state index contributed by atoms with van der Waals surface area (Å²) in [6.45, 7) is 4.24. The highest BCUT2D eigenvalue weighted by Crippen LogP contribution is 2.42. The summed E-state index contributed by atoms with van der Waals surface area (Å²) in [5.41, 5.74) is 4.94. The van der Waals surface area contributed by atoms with Crippen LogP contribution < -0.4 is 0 Å². The predicted molar refractivity (Wildman–Crippen MR) is 87.7 cm³/mol. The summed E-state index contributed by atoms with van der Waals surface area (Å²) < 4.78 is 6.11. The van der Waals surface area contributed by atoms with Crippen LogP contribution in [-0.2, 0) is 0 Å². The van der Waals surface area contributed by atoms with Gasteiger partial charge in [-0.05, 0) is 41.8 Å². The summed E-state index contributed by atoms with van der Waals surface area (Å²) in [6.07, 6.45) is 0. The Balaban J connectivity index is 2.13. The zero-order valence-corrected chi connectivity index (χ0v) is 12.2. The highest BCUT2D eigenvalue weighted by molar-refractivity contribution is 6.03. The van der Waals surface area contributed by atoms with Crippen LogP contribution >= 0.6 is 0 Å². The summed E-state index contributed by atoms with van der Waals surface area (Å²) >= 11 is 0. The van der Waals surface area contributed by atoms with Gasteiger partial charge in [-0.25, -0.2) is 0 Å². The van der Waals surface area contributed by atoms with E-state index in [9.17, 15) is 0 Å². The van der Waals surface area contributed by atoms with Gasteiger partial charge in [-0.1, -0.05) is 54.6 Å². The third-order valence-electron chi connectivity index (χ3n) is 4.19. The van der Waals surface area contributed by atoms with E-state index in [0.29, 0.717) is 0 Å². The van der Waals surface area contributed by atoms with E-state index in [0.717, 1.165) is 11.5 Å². The Labute approximate surface area is 124 Å². The van der Waals surface area contributed by atoms with E-state index in [2.05, 4.69) is 61.5 Å². The zero-order chi connectivity index (χ0) is 14.4. The van der Waals surface area contributed by atoms with Crippen molar-refractivity contribution >= 4 is 10.8 Å². The number of hydrogen-bond acceptors (Lipinski definition) is 1. The van der Waals surface area contributed by atoms with Crippen LogP contribution in [0.5, 0.6) is 0 Å². The summed E-state index contributed by atoms with van der Waals surface area (Å²) in [4.78, 5) is 0. The van der Waals surface area contributed by atoms with Crippen molar-refractivity contribution in [3.63, 3.8) is 0 Å². The molecule has 2 aliphatic rings. The van der Waals surface area contributed by atoms with Crippen molar-refractivity contribution in [2.75, 3.05) is 0 Å². The molecule has 0 aromatic heterocycles. The Morgan fingerprint density at radius 3 is 2.29 bits per heavy atom. The maximum absolute atomic E-state index is 6.11. The van der Waals surface area contributed by atoms with E-state index in [1.54, 1.807) is 0 Å². The number of hydrogen-bond donors (Lipinski definition) is 0. The second kappa shape index (κ2) is 4.49. The first-order valence-electron chi connectivity index (χ1n) is 7.22. The highest BCUT2D eigenvalue weighted by Gasteiger charge is 2.20. The predicted octanol–water partition coefficient (Wildman–Crippen LogP) is 5.82. The summed E-state index contributed by atoms with van der Waals surface area (Å²) in [6, 6.07) is 21.1. The van der Waals surface area contributed by atoms with Crippen LogP contribution in [0.15, 0.2) is 65.1 Å². The summed E-state index contributed by atoms with van der Waals surface area (Å²) in [5.74, 6) is 1.95. The van der Waals surface area contributed by atoms with Gasteiger partial charge in [0.1, 0.15) is 11.5 Å². The Kier molecular flexibility index (Phi) is 2.61. The molecule has 0 fully saturated rings. The SMILES string of the molecule is Cc1oc2cc3ccccc3c-2c(C)c1-c1ccccc1. The van der Waals surface area contributed by atoms with E-state index >= 15 is 0 Å². The fraction of sp³-hybridized carbons (Fsp3) is 0.100. The summed E-state index contributed by atoms with van der Waals surface area (Å²) in [7, 11) is 0. The maximum Gasteiger partial charge on any atom is 0.135 e. The van der Waals surface area contributed by atoms with Crippen molar-refractivity contribution in [3.05, 3.63) is 72.0 Å². The molecule has 1 nitrogen and oxygen atoms in total. The number of aryl methyl sites for hydroxylation is 1. The molecule has 1 heteroatoms. The molecule has 0 saturated carbocycles. The van der Waals surface area contributed by atoms with Crippen LogP contribution in [0.25, 0.3) is 33.2 Å². The highest BCUT2D eigenvalue weighted by atomic mass is 16.3. The molecule has 0 spiro atoms. The molecule has 0 atom stereocenters. The van der Waals surface area contributed by atoms with Crippen molar-refractivity contribution in [2.45, 2.75) is 13.8 Å². The van der Waals surface area contributed by atoms with E-state index in [1.807, 2.05) is 13.0 Å². The third kappa shape index (κ3) is 1.78. The fourth-order valence-electron chi connectivity index (χ4n) is 3.29. The quantitative estimate of drug-likeness (QED) is 0.425. The monoisotopic (exact) mass is 272 g/mol. The van der Waals surface area contributed by atoms with Crippen LogP contribution in [-0.4, -0.2) is 0 Å². The van der Waals surface area contributed by atoms with E-state index in [4.69, 9.17) is 4.42 Å². The van der Waals surface area contributed by atoms with Gasteiger partial charge in [-0.3, -0.25) is 0 Å². The molecule has 0 amide bonds. The minimum absolute atomic E-state index is 0.974. The van der Waals surface area contributed by atoms with Gasteiger partial charge < -0.3 is 4.42 Å². The standard InChI is InChI=1S/C20H16O/c1-13-19(15-8-4-3-5-9-15)14(2)21-18-12-16-10-6-7-11-17(16)20(13)18/h3-12H,1-2H3. The van der Waals surface area contributed by atoms with Crippen molar-refractivity contribution < 1.29 is 4.42 Å². The molecule has 21 heavy (non-hydrogen) atoms. The molecule has 0 radical (unpaired) electrons. The van der Waals surface area contributed by atoms with Crippen LogP contribution in [0.3, 0.4) is 0 Å². The van der Waals surface area contributed by atoms with E-state index < -0.39 is 0 Å². The number of rotatable bonds is 1. The minimum atomic E-state index is 0.974. The normalized spacial score (nSPS) is 11.3. The van der Waals surface area contributed by atoms with Gasteiger partial charge in [0.2, 0.25) is 0 Å². The van der Waals surface area contributed by atoms with Gasteiger partial charge in [0.15, 0.2) is 0 Å². The minimum Gasteiger partial charge on any atom is -0.461 e. The second-order valence-corrected chi connectivity index (χ2v) is 5.50. The van der Waals surface area contributed by atoms with Crippen LogP contribution in [0.4, 0.5) is 0 Å². The smallest absolute Gasteiger partial charge is 0.135 e. The molecule has 0 N–H and O–H groups in total. The Morgan fingerprint density at radius 1 is 0.762 bits per heavy atom. The lowest BCUT2D eigenvalue weighted by Crippen LogP contribution is -1.92. The molecule has 1 aliphatic heterocycles. The number of fused-ring (bicyclic) bond motifs is 3. The van der Waals surface area contributed by atoms with Crippen LogP contribution in [0.1, 0.15) is 11.3 Å². The average Bonchev–Trinajstić information content (AvgIpc) is 2.86. The first kappa shape index (κ1) is 12.2. The topological polar surface area (TPSA) is 13.1 Å². The summed E-state index contributed by atoms with van der Waals surface area (Å²) in [5, 5.41) is 2.51. The second-order valence-electron chi connectivity index (χ2n) is 5.50. The maximum atomic E-state index is 6.11. The first-order valence-corrected chi connectivity index (χ1v) is 7.22. The fourth-order valence-corrected chi connectivity index (χ4v) is 3.29. The lowest BCUT2D eigenvalue weighted by atomic mass is 9.95. The first-order chi connectivity index (χ1) is 10.3. The zero-order valence-electron chi connectivity index (χ0n) is 12.2. The molecule has 102 valence electrons. The van der Waals surface area contributed by atoms with Crippen molar-refractivity contribution in [1.82, 2.24) is 0 Å². The van der Waals surface area contributed by atoms with Gasteiger partial charge in [0.05, 0.1) is 0 Å². The molecule has 0 bridgehead atoms. The number of benzene rings is 2. The molecule has 1 aliphatic carbocycles. The van der Waals surface area contributed by atoms with Gasteiger partial charge in [-0.15, -0.1) is 0 Å². The van der Waals surface area contributed by atoms with E-state index in [-0.39, 0.29) is 0 Å². The van der Waals surface area contributed by atoms with Gasteiger partial charge >= 0.3 is 0 Å². The lowest BCUT2D eigenvalue weighted by Gasteiger charge is -2.14. The molecule has 0 unspecified atom stereocenters. The van der Waals surface area contributed by atoms with Crippen LogP contribution in [0.2, 0.25) is 0 Å². The van der Waals surface area contributed by atoms with E-state index in [1.165, 1.54) is 33.0 Å². The Morgan fingerprint density at radius 2 is 1.48 bits per heavy atom. The molecule has 2 aromatic rings. The molecule has 1 heterocycles. The average molecular weight is 272 g/mol. The third-order valence-corrected chi connectivity index (χ3v) is 4.19. The molecular formula is C20H16O. The van der Waals surface area contributed by atoms with Gasteiger partial charge in [-0.2, -0.15) is 0 Å². The van der Waals surface area contributed by atoms with Crippen molar-refractivity contribution in [1.29, 1.82) is 0 Å². The molecule has 2 aromatic carbocycles. The lowest BCUT2D eigenvalue weighted by molar-refractivity contribution is 0.534. The van der Waals surface area contributed by atoms with Gasteiger partial charge in [0, 0.05) is 11.1 Å². The van der Waals surface area contributed by atoms with Crippen molar-refractivity contribution in [3.8, 4) is 22.5 Å². The Hall–Kier alpha value is -2.54. The van der Waals surface area contributed by atoms with Crippen LogP contribution in [0, 0.1) is 13.8 Å². The van der Waals surface area contributed by atoms with Crippen molar-refractivity contribution in [2.24, 2.45) is 0 Å². The van der Waals surface area contributed by atoms with Gasteiger partial charge in [0.25, 0.3) is 0 Å². The largest absolute Gasteiger partial charge is 0.461 e.